The average molecular weight is 440 g/mol. The average Bonchev–Trinajstić information content (AvgIpc) is 3.11. The van der Waals surface area contributed by atoms with Gasteiger partial charge in [0.25, 0.3) is 0 Å². The van der Waals surface area contributed by atoms with Crippen molar-refractivity contribution in [1.29, 1.82) is 5.41 Å². The normalized spacial score (nSPS) is 19.9. The van der Waals surface area contributed by atoms with Crippen molar-refractivity contribution in [3.8, 4) is 11.5 Å². The Bertz CT molecular complexity index is 1120. The number of nitrogens with one attached hydrogen (secondary N) is 2. The van der Waals surface area contributed by atoms with Crippen LogP contribution in [0, 0.1) is 16.2 Å². The van der Waals surface area contributed by atoms with Crippen LogP contribution in [0.15, 0.2) is 17.9 Å². The minimum Gasteiger partial charge on any atom is -0.512 e. The molecule has 0 bridgehead atoms. The summed E-state index contributed by atoms with van der Waals surface area (Å²) in [7, 11) is 0. The number of hydrogen-bond donors (Lipinski definition) is 5. The number of aromatic amines is 1. The number of rotatable bonds is 3. The Morgan fingerprint density at radius 3 is 1.91 bits per heavy atom. The summed E-state index contributed by atoms with van der Waals surface area (Å²) in [4.78, 5) is 7.68. The number of aromatic nitrogens is 2. The highest BCUT2D eigenvalue weighted by atomic mass is 16.3. The van der Waals surface area contributed by atoms with E-state index >= 15 is 0 Å². The van der Waals surface area contributed by atoms with Gasteiger partial charge in [-0.05, 0) is 35.3 Å². The minimum absolute atomic E-state index is 0.0235. The first-order valence-corrected chi connectivity index (χ1v) is 11.0. The number of fused-ring (bicyclic) bond motifs is 2. The third kappa shape index (κ3) is 3.06. The molecule has 0 radical (unpaired) electrons. The van der Waals surface area contributed by atoms with E-state index in [1.165, 1.54) is 0 Å². The van der Waals surface area contributed by atoms with E-state index in [1.54, 1.807) is 19.1 Å². The van der Waals surface area contributed by atoms with Gasteiger partial charge in [0.05, 0.1) is 5.57 Å². The summed E-state index contributed by atoms with van der Waals surface area (Å²) in [5, 5.41) is 41.2. The second kappa shape index (κ2) is 6.87. The van der Waals surface area contributed by atoms with Crippen LogP contribution >= 0.6 is 0 Å². The molecule has 0 aliphatic heterocycles. The fourth-order valence-electron chi connectivity index (χ4n) is 4.73. The van der Waals surface area contributed by atoms with Crippen LogP contribution in [0.4, 0.5) is 0 Å². The number of imidazole rings is 1. The predicted molar refractivity (Wildman–Crippen MR) is 131 cm³/mol. The molecule has 6 heteroatoms. The Labute approximate surface area is 190 Å². The third-order valence-electron chi connectivity index (χ3n) is 8.13. The molecule has 1 aromatic heterocycles. The molecule has 1 aliphatic carbocycles. The number of aliphatic hydroxyl groups excluding tert-OH is 1. The van der Waals surface area contributed by atoms with Gasteiger partial charge in [-0.15, -0.1) is 0 Å². The molecular weight excluding hydrogens is 402 g/mol. The smallest absolute Gasteiger partial charge is 0.147 e. The van der Waals surface area contributed by atoms with Crippen LogP contribution in [0.1, 0.15) is 86.2 Å². The van der Waals surface area contributed by atoms with Gasteiger partial charge in [0.15, 0.2) is 0 Å². The second-order valence-corrected chi connectivity index (χ2v) is 11.6. The molecule has 0 atom stereocenters. The first kappa shape index (κ1) is 23.9. The van der Waals surface area contributed by atoms with E-state index in [0.717, 1.165) is 5.56 Å². The summed E-state index contributed by atoms with van der Waals surface area (Å²) in [5.41, 5.74) is 1.48. The van der Waals surface area contributed by atoms with Gasteiger partial charge >= 0.3 is 0 Å². The van der Waals surface area contributed by atoms with E-state index in [0.29, 0.717) is 28.2 Å². The number of aromatic hydroxyl groups is 2. The zero-order valence-corrected chi connectivity index (χ0v) is 20.9. The maximum Gasteiger partial charge on any atom is 0.147 e. The quantitative estimate of drug-likeness (QED) is 0.163. The number of benzene rings is 1. The monoisotopic (exact) mass is 439 g/mol. The summed E-state index contributed by atoms with van der Waals surface area (Å²) in [6.45, 7) is 20.0. The van der Waals surface area contributed by atoms with Crippen molar-refractivity contribution in [3.63, 3.8) is 0 Å². The van der Waals surface area contributed by atoms with Crippen LogP contribution in [-0.4, -0.2) is 31.0 Å². The van der Waals surface area contributed by atoms with Crippen molar-refractivity contribution in [2.75, 3.05) is 0 Å². The zero-order chi connectivity index (χ0) is 24.6. The van der Waals surface area contributed by atoms with Crippen LogP contribution in [0.25, 0.3) is 16.6 Å². The number of H-pyrrole nitrogens is 1. The SMILES string of the molecule is C/C(O)=C(\C=C/C(=N)C(C)(C)C)c1nc2c(O)c3c(c(O)c2[nH]1)C(C)(C)C(C)(C)C3(C)C. The first-order valence-electron chi connectivity index (χ1n) is 11.0. The molecule has 0 saturated heterocycles. The van der Waals surface area contributed by atoms with Gasteiger partial charge in [-0.2, -0.15) is 0 Å². The van der Waals surface area contributed by atoms with Gasteiger partial charge in [0, 0.05) is 22.3 Å². The Morgan fingerprint density at radius 2 is 1.44 bits per heavy atom. The first-order chi connectivity index (χ1) is 14.4. The van der Waals surface area contributed by atoms with E-state index in [9.17, 15) is 15.3 Å². The molecule has 174 valence electrons. The van der Waals surface area contributed by atoms with Gasteiger partial charge in [-0.1, -0.05) is 62.3 Å². The molecule has 3 rings (SSSR count). The van der Waals surface area contributed by atoms with E-state index in [1.807, 2.05) is 20.8 Å². The van der Waals surface area contributed by atoms with Crippen LogP contribution < -0.4 is 0 Å². The Morgan fingerprint density at radius 1 is 0.938 bits per heavy atom. The molecule has 5 N–H and O–H groups in total. The zero-order valence-electron chi connectivity index (χ0n) is 20.9. The lowest BCUT2D eigenvalue weighted by Crippen LogP contribution is -2.42. The molecule has 0 unspecified atom stereocenters. The lowest BCUT2D eigenvalue weighted by molar-refractivity contribution is 0.123. The third-order valence-corrected chi connectivity index (χ3v) is 8.13. The van der Waals surface area contributed by atoms with Crippen molar-refractivity contribution in [2.24, 2.45) is 10.8 Å². The van der Waals surface area contributed by atoms with Crippen molar-refractivity contribution in [1.82, 2.24) is 9.97 Å². The molecule has 1 aliphatic rings. The number of nitrogens with zero attached hydrogens (tertiary/aromatic N) is 1. The molecular formula is C26H37N3O3. The highest BCUT2D eigenvalue weighted by molar-refractivity contribution is 5.99. The summed E-state index contributed by atoms with van der Waals surface area (Å²) < 4.78 is 0. The molecule has 0 amide bonds. The lowest BCUT2D eigenvalue weighted by Gasteiger charge is -2.44. The largest absolute Gasteiger partial charge is 0.512 e. The number of allylic oxidation sites excluding steroid dienone is 4. The predicted octanol–water partition coefficient (Wildman–Crippen LogP) is 6.48. The van der Waals surface area contributed by atoms with E-state index < -0.39 is 10.8 Å². The maximum atomic E-state index is 11.3. The van der Waals surface area contributed by atoms with Crippen molar-refractivity contribution < 1.29 is 15.3 Å². The summed E-state index contributed by atoms with van der Waals surface area (Å²) in [5.74, 6) is 0.481. The molecule has 0 saturated carbocycles. The number of hydrogen-bond acceptors (Lipinski definition) is 5. The van der Waals surface area contributed by atoms with Crippen molar-refractivity contribution in [2.45, 2.75) is 80.1 Å². The van der Waals surface area contributed by atoms with Gasteiger partial charge in [-0.3, -0.25) is 0 Å². The van der Waals surface area contributed by atoms with E-state index in [4.69, 9.17) is 5.41 Å². The van der Waals surface area contributed by atoms with Crippen LogP contribution in [-0.2, 0) is 10.8 Å². The van der Waals surface area contributed by atoms with Crippen LogP contribution in [0.2, 0.25) is 0 Å². The topological polar surface area (TPSA) is 113 Å². The van der Waals surface area contributed by atoms with Crippen LogP contribution in [0.3, 0.4) is 0 Å². The summed E-state index contributed by atoms with van der Waals surface area (Å²) in [6, 6.07) is 0. The standard InChI is InChI=1S/C26H37N3O3/c1-13(30)14(11-12-15(27)23(2,3)4)22-28-18-19(29-22)21(32)17-16(20(18)31)24(5,6)26(9,10)25(17,7)8/h11-12,27,30-32H,1-10H3,(H,28,29)/b12-11-,14-13-,27-15?. The molecule has 2 aromatic rings. The van der Waals surface area contributed by atoms with Gasteiger partial charge in [-0.25, -0.2) is 4.98 Å². The highest BCUT2D eigenvalue weighted by Crippen LogP contribution is 2.66. The maximum absolute atomic E-state index is 11.3. The number of phenols is 2. The van der Waals surface area contributed by atoms with Crippen molar-refractivity contribution in [3.05, 3.63) is 34.9 Å². The van der Waals surface area contributed by atoms with Crippen molar-refractivity contribution >= 4 is 22.3 Å². The number of aliphatic hydroxyl groups is 1. The second-order valence-electron chi connectivity index (χ2n) is 11.6. The molecule has 6 nitrogen and oxygen atoms in total. The summed E-state index contributed by atoms with van der Waals surface area (Å²) in [6.07, 6.45) is 3.27. The Kier molecular flexibility index (Phi) is 5.13. The van der Waals surface area contributed by atoms with Gasteiger partial charge < -0.3 is 25.7 Å². The number of phenolic OH excluding ortho intramolecular Hbond substituents is 2. The minimum atomic E-state index is -0.409. The van der Waals surface area contributed by atoms with E-state index in [-0.39, 0.29) is 33.6 Å². The Balaban J connectivity index is 2.28. The van der Waals surface area contributed by atoms with Crippen LogP contribution in [0.5, 0.6) is 11.5 Å². The van der Waals surface area contributed by atoms with Gasteiger partial charge in [0.1, 0.15) is 34.1 Å². The fraction of sp³-hybridized carbons (Fsp3) is 0.538. The highest BCUT2D eigenvalue weighted by Gasteiger charge is 2.59. The van der Waals surface area contributed by atoms with E-state index in [2.05, 4.69) is 51.5 Å². The molecule has 0 fully saturated rings. The molecule has 0 spiro atoms. The molecule has 1 heterocycles. The Hall–Kier alpha value is -2.76. The fourth-order valence-corrected chi connectivity index (χ4v) is 4.73. The lowest BCUT2D eigenvalue weighted by atomic mass is 9.59. The molecule has 32 heavy (non-hydrogen) atoms. The van der Waals surface area contributed by atoms with Gasteiger partial charge in [0.2, 0.25) is 0 Å². The summed E-state index contributed by atoms with van der Waals surface area (Å²) >= 11 is 0. The molecule has 1 aromatic carbocycles.